The van der Waals surface area contributed by atoms with Crippen molar-refractivity contribution in [3.05, 3.63) is 23.8 Å². The van der Waals surface area contributed by atoms with Crippen LogP contribution in [0, 0.1) is 0 Å². The maximum Gasteiger partial charge on any atom is 0.0940 e. The van der Waals surface area contributed by atoms with Crippen LogP contribution in [0.5, 0.6) is 0 Å². The van der Waals surface area contributed by atoms with Gasteiger partial charge in [0.1, 0.15) is 0 Å². The number of hydrogen-bond acceptors (Lipinski definition) is 1. The molecule has 0 saturated carbocycles. The molecule has 0 fully saturated rings. The van der Waals surface area contributed by atoms with Gasteiger partial charge in [-0.2, -0.15) is 0 Å². The third-order valence-corrected chi connectivity index (χ3v) is 2.25. The van der Waals surface area contributed by atoms with Gasteiger partial charge in [-0.15, -0.1) is 0 Å². The van der Waals surface area contributed by atoms with E-state index in [4.69, 9.17) is 5.73 Å². The van der Waals surface area contributed by atoms with Crippen LogP contribution in [0.1, 0.15) is 19.8 Å². The van der Waals surface area contributed by atoms with Gasteiger partial charge in [-0.1, -0.05) is 46.7 Å². The molecule has 1 unspecified atom stereocenters. The van der Waals surface area contributed by atoms with Gasteiger partial charge in [0, 0.05) is 0 Å². The lowest BCUT2D eigenvalue weighted by Crippen LogP contribution is -2.30. The molecular formula is C8H12BrN. The molecule has 0 aromatic carbocycles. The number of allylic oxidation sites excluding steroid dienone is 2. The van der Waals surface area contributed by atoms with Crippen LogP contribution in [0.15, 0.2) is 23.8 Å². The smallest absolute Gasteiger partial charge is 0.0940 e. The maximum atomic E-state index is 5.78. The quantitative estimate of drug-likeness (QED) is 0.512. The zero-order valence-electron chi connectivity index (χ0n) is 6.10. The van der Waals surface area contributed by atoms with Crippen molar-refractivity contribution < 1.29 is 0 Å². The number of rotatable bonds is 1. The van der Waals surface area contributed by atoms with Crippen LogP contribution in [0.3, 0.4) is 0 Å². The molecule has 1 aliphatic rings. The minimum Gasteiger partial charge on any atom is -0.313 e. The Bertz CT molecular complexity index is 180. The van der Waals surface area contributed by atoms with Gasteiger partial charge in [0.25, 0.3) is 0 Å². The fourth-order valence-corrected chi connectivity index (χ4v) is 1.23. The normalized spacial score (nSPS) is 32.1. The van der Waals surface area contributed by atoms with E-state index in [1.807, 2.05) is 6.08 Å². The standard InChI is InChI=1S/C8H12BrN/c1-2-7-3-5-8(9,10)6-4-7/h3-5H,2,6,10H2,1H3. The van der Waals surface area contributed by atoms with Crippen molar-refractivity contribution in [2.75, 3.05) is 0 Å². The molecule has 2 heteroatoms. The Balaban J connectivity index is 2.63. The van der Waals surface area contributed by atoms with Gasteiger partial charge in [-0.05, 0) is 12.8 Å². The second-order valence-corrected chi connectivity index (χ2v) is 4.07. The molecule has 2 N–H and O–H groups in total. The first-order chi connectivity index (χ1) is 4.64. The molecule has 0 spiro atoms. The maximum absolute atomic E-state index is 5.78. The van der Waals surface area contributed by atoms with Crippen molar-refractivity contribution in [3.8, 4) is 0 Å². The van der Waals surface area contributed by atoms with Crippen LogP contribution in [0.4, 0.5) is 0 Å². The fourth-order valence-electron chi connectivity index (χ4n) is 0.931. The second-order valence-electron chi connectivity index (χ2n) is 2.60. The van der Waals surface area contributed by atoms with Crippen LogP contribution in [0.25, 0.3) is 0 Å². The molecule has 0 aliphatic heterocycles. The lowest BCUT2D eigenvalue weighted by Gasteiger charge is -2.19. The number of hydrogen-bond donors (Lipinski definition) is 1. The molecule has 56 valence electrons. The fraction of sp³-hybridized carbons (Fsp3) is 0.500. The zero-order valence-corrected chi connectivity index (χ0v) is 7.69. The Hall–Kier alpha value is -0.0800. The molecule has 10 heavy (non-hydrogen) atoms. The highest BCUT2D eigenvalue weighted by atomic mass is 79.9. The molecule has 0 aromatic rings. The Morgan fingerprint density at radius 3 is 2.90 bits per heavy atom. The van der Waals surface area contributed by atoms with Crippen LogP contribution >= 0.6 is 15.9 Å². The first-order valence-electron chi connectivity index (χ1n) is 3.50. The summed E-state index contributed by atoms with van der Waals surface area (Å²) in [6.07, 6.45) is 8.26. The van der Waals surface area contributed by atoms with Crippen molar-refractivity contribution in [2.45, 2.75) is 24.2 Å². The van der Waals surface area contributed by atoms with Gasteiger partial charge < -0.3 is 5.73 Å². The van der Waals surface area contributed by atoms with E-state index in [1.54, 1.807) is 0 Å². The highest BCUT2D eigenvalue weighted by Crippen LogP contribution is 2.24. The Morgan fingerprint density at radius 2 is 2.50 bits per heavy atom. The summed E-state index contributed by atoms with van der Waals surface area (Å²) in [6, 6.07) is 0. The Kier molecular flexibility index (Phi) is 2.32. The summed E-state index contributed by atoms with van der Waals surface area (Å²) >= 11 is 3.40. The van der Waals surface area contributed by atoms with E-state index >= 15 is 0 Å². The van der Waals surface area contributed by atoms with Gasteiger partial charge in [-0.25, -0.2) is 0 Å². The van der Waals surface area contributed by atoms with E-state index in [1.165, 1.54) is 5.57 Å². The summed E-state index contributed by atoms with van der Waals surface area (Å²) in [4.78, 5) is 0. The third kappa shape index (κ3) is 1.96. The molecule has 0 amide bonds. The second kappa shape index (κ2) is 2.89. The Morgan fingerprint density at radius 1 is 1.80 bits per heavy atom. The van der Waals surface area contributed by atoms with Crippen LogP contribution in [-0.2, 0) is 0 Å². The molecule has 1 nitrogen and oxygen atoms in total. The largest absolute Gasteiger partial charge is 0.313 e. The lowest BCUT2D eigenvalue weighted by atomic mass is 10.0. The molecule has 1 atom stereocenters. The van der Waals surface area contributed by atoms with Crippen molar-refractivity contribution in [3.63, 3.8) is 0 Å². The van der Waals surface area contributed by atoms with Crippen molar-refractivity contribution in [1.82, 2.24) is 0 Å². The number of halogens is 1. The third-order valence-electron chi connectivity index (χ3n) is 1.66. The lowest BCUT2D eigenvalue weighted by molar-refractivity contribution is 0.763. The van der Waals surface area contributed by atoms with E-state index in [0.29, 0.717) is 0 Å². The summed E-state index contributed by atoms with van der Waals surface area (Å²) in [5.41, 5.74) is 7.16. The SMILES string of the molecule is CCC1=CCC(N)(Br)C=C1. The van der Waals surface area contributed by atoms with Gasteiger partial charge in [-0.3, -0.25) is 0 Å². The van der Waals surface area contributed by atoms with Gasteiger partial charge in [0.2, 0.25) is 0 Å². The van der Waals surface area contributed by atoms with Crippen molar-refractivity contribution >= 4 is 15.9 Å². The highest BCUT2D eigenvalue weighted by molar-refractivity contribution is 9.10. The zero-order chi connectivity index (χ0) is 7.61. The minimum absolute atomic E-state index is 0.286. The van der Waals surface area contributed by atoms with Gasteiger partial charge in [0.05, 0.1) is 4.45 Å². The van der Waals surface area contributed by atoms with Gasteiger partial charge in [0.15, 0.2) is 0 Å². The summed E-state index contributed by atoms with van der Waals surface area (Å²) in [6.45, 7) is 2.15. The van der Waals surface area contributed by atoms with E-state index in [0.717, 1.165) is 12.8 Å². The van der Waals surface area contributed by atoms with E-state index in [2.05, 4.69) is 35.0 Å². The highest BCUT2D eigenvalue weighted by Gasteiger charge is 2.17. The molecular weight excluding hydrogens is 190 g/mol. The first kappa shape index (κ1) is 8.02. The molecule has 0 radical (unpaired) electrons. The summed E-state index contributed by atoms with van der Waals surface area (Å²) in [5.74, 6) is 0. The summed E-state index contributed by atoms with van der Waals surface area (Å²) in [5, 5.41) is 0. The summed E-state index contributed by atoms with van der Waals surface area (Å²) < 4.78 is -0.286. The van der Waals surface area contributed by atoms with Crippen molar-refractivity contribution in [2.24, 2.45) is 5.73 Å². The van der Waals surface area contributed by atoms with Crippen LogP contribution < -0.4 is 5.73 Å². The van der Waals surface area contributed by atoms with E-state index < -0.39 is 0 Å². The average molecular weight is 202 g/mol. The minimum atomic E-state index is -0.286. The van der Waals surface area contributed by atoms with Crippen LogP contribution in [-0.4, -0.2) is 4.45 Å². The number of nitrogens with two attached hydrogens (primary N) is 1. The van der Waals surface area contributed by atoms with E-state index in [-0.39, 0.29) is 4.45 Å². The monoisotopic (exact) mass is 201 g/mol. The average Bonchev–Trinajstić information content (AvgIpc) is 1.88. The van der Waals surface area contributed by atoms with Crippen LogP contribution in [0.2, 0.25) is 0 Å². The molecule has 0 heterocycles. The molecule has 1 aliphatic carbocycles. The summed E-state index contributed by atoms with van der Waals surface area (Å²) in [7, 11) is 0. The van der Waals surface area contributed by atoms with E-state index in [9.17, 15) is 0 Å². The molecule has 1 rings (SSSR count). The van der Waals surface area contributed by atoms with Gasteiger partial charge >= 0.3 is 0 Å². The molecule has 0 bridgehead atoms. The Labute approximate surface area is 70.1 Å². The first-order valence-corrected chi connectivity index (χ1v) is 4.29. The number of alkyl halides is 1. The molecule has 0 saturated heterocycles. The predicted octanol–water partition coefficient (Wildman–Crippen LogP) is 2.33. The van der Waals surface area contributed by atoms with Crippen molar-refractivity contribution in [1.29, 1.82) is 0 Å². The predicted molar refractivity (Wildman–Crippen MR) is 48.0 cm³/mol. The molecule has 0 aromatic heterocycles. The topological polar surface area (TPSA) is 26.0 Å².